The van der Waals surface area contributed by atoms with Gasteiger partial charge in [0.2, 0.25) is 0 Å². The van der Waals surface area contributed by atoms with Gasteiger partial charge in [-0.15, -0.1) is 0 Å². The highest BCUT2D eigenvalue weighted by molar-refractivity contribution is 6.31. The normalized spacial score (nSPS) is 10.9. The van der Waals surface area contributed by atoms with Crippen molar-refractivity contribution in [1.29, 1.82) is 0 Å². The molecule has 3 aromatic carbocycles. The van der Waals surface area contributed by atoms with E-state index in [1.165, 1.54) is 0 Å². The number of benzene rings is 3. The summed E-state index contributed by atoms with van der Waals surface area (Å²) < 4.78 is 6.14. The number of aromatic amines is 1. The first kappa shape index (κ1) is 24.4. The van der Waals surface area contributed by atoms with Crippen molar-refractivity contribution >= 4 is 34.4 Å². The van der Waals surface area contributed by atoms with Gasteiger partial charge in [-0.3, -0.25) is 9.59 Å². The van der Waals surface area contributed by atoms with Crippen LogP contribution in [0.4, 0.5) is 0 Å². The van der Waals surface area contributed by atoms with Gasteiger partial charge in [0, 0.05) is 28.9 Å². The third-order valence-electron chi connectivity index (χ3n) is 6.05. The molecule has 0 aliphatic heterocycles. The third kappa shape index (κ3) is 5.84. The molecule has 0 saturated heterocycles. The number of fused-ring (bicyclic) bond motifs is 1. The Hall–Kier alpha value is -3.77. The van der Waals surface area contributed by atoms with Crippen molar-refractivity contribution in [2.24, 2.45) is 0 Å². The molecule has 1 aromatic heterocycles. The minimum atomic E-state index is -0.810. The van der Waals surface area contributed by atoms with E-state index in [0.717, 1.165) is 38.9 Å². The van der Waals surface area contributed by atoms with E-state index in [2.05, 4.69) is 10.3 Å². The average Bonchev–Trinajstić information content (AvgIpc) is 3.15. The summed E-state index contributed by atoms with van der Waals surface area (Å²) in [6.45, 7) is 4.30. The minimum absolute atomic E-state index is 0.0986. The lowest BCUT2D eigenvalue weighted by molar-refractivity contribution is -0.136. The van der Waals surface area contributed by atoms with Crippen molar-refractivity contribution in [2.45, 2.75) is 33.1 Å². The number of hydrogen-bond donors (Lipinski definition) is 3. The van der Waals surface area contributed by atoms with E-state index in [1.807, 2.05) is 68.4 Å². The Kier molecular flexibility index (Phi) is 7.42. The molecule has 1 amide bonds. The van der Waals surface area contributed by atoms with E-state index in [9.17, 15) is 9.59 Å². The molecule has 0 fully saturated rings. The molecule has 7 heteroatoms. The fourth-order valence-electron chi connectivity index (χ4n) is 4.12. The lowest BCUT2D eigenvalue weighted by Gasteiger charge is -2.13. The van der Waals surface area contributed by atoms with Gasteiger partial charge in [-0.2, -0.15) is 0 Å². The number of aryl methyl sites for hydroxylation is 3. The predicted molar refractivity (Wildman–Crippen MR) is 138 cm³/mol. The number of carboxylic acid groups (broad SMARTS) is 1. The molecule has 0 spiro atoms. The van der Waals surface area contributed by atoms with Crippen molar-refractivity contribution in [1.82, 2.24) is 10.3 Å². The van der Waals surface area contributed by atoms with Crippen LogP contribution in [0, 0.1) is 13.8 Å². The van der Waals surface area contributed by atoms with Crippen LogP contribution >= 0.6 is 11.6 Å². The van der Waals surface area contributed by atoms with E-state index in [-0.39, 0.29) is 12.3 Å². The standard InChI is InChI=1S/C28H27ClN2O4/c1-17-15-22(10-7-19(17)8-12-26(32)33)35-25-6-4-3-5-20(25)13-14-30-28(34)27-18(2)23-16-21(29)9-11-24(23)31-27/h3-7,9-11,15-16,31H,8,12-14H2,1-2H3,(H,30,34)(H,32,33). The lowest BCUT2D eigenvalue weighted by Crippen LogP contribution is -2.26. The molecule has 1 heterocycles. The molecule has 0 unspecified atom stereocenters. The Morgan fingerprint density at radius 3 is 2.57 bits per heavy atom. The van der Waals surface area contributed by atoms with Crippen LogP contribution in [0.2, 0.25) is 5.02 Å². The van der Waals surface area contributed by atoms with Gasteiger partial charge in [0.05, 0.1) is 0 Å². The number of ether oxygens (including phenoxy) is 1. The largest absolute Gasteiger partial charge is 0.481 e. The zero-order valence-corrected chi connectivity index (χ0v) is 20.4. The zero-order valence-electron chi connectivity index (χ0n) is 19.7. The Labute approximate surface area is 208 Å². The van der Waals surface area contributed by atoms with Crippen LogP contribution in [-0.4, -0.2) is 28.5 Å². The molecule has 0 bridgehead atoms. The van der Waals surface area contributed by atoms with Gasteiger partial charge in [0.15, 0.2) is 0 Å². The third-order valence-corrected chi connectivity index (χ3v) is 6.29. The predicted octanol–water partition coefficient (Wildman–Crippen LogP) is 6.22. The van der Waals surface area contributed by atoms with Crippen molar-refractivity contribution in [3.8, 4) is 11.5 Å². The Morgan fingerprint density at radius 2 is 1.80 bits per heavy atom. The van der Waals surface area contributed by atoms with Crippen molar-refractivity contribution in [2.75, 3.05) is 6.54 Å². The first-order valence-corrected chi connectivity index (χ1v) is 11.8. The van der Waals surface area contributed by atoms with E-state index in [4.69, 9.17) is 21.4 Å². The number of carbonyl (C=O) groups is 2. The first-order chi connectivity index (χ1) is 16.8. The molecule has 180 valence electrons. The van der Waals surface area contributed by atoms with Gasteiger partial charge < -0.3 is 20.1 Å². The van der Waals surface area contributed by atoms with Gasteiger partial charge >= 0.3 is 5.97 Å². The number of para-hydroxylation sites is 1. The number of H-pyrrole nitrogens is 1. The summed E-state index contributed by atoms with van der Waals surface area (Å²) in [6.07, 6.45) is 1.19. The molecule has 0 saturated carbocycles. The number of aromatic nitrogens is 1. The second kappa shape index (κ2) is 10.7. The fourth-order valence-corrected chi connectivity index (χ4v) is 4.29. The number of halogens is 1. The van der Waals surface area contributed by atoms with E-state index in [1.54, 1.807) is 6.07 Å². The van der Waals surface area contributed by atoms with Crippen LogP contribution in [0.15, 0.2) is 60.7 Å². The molecular formula is C28H27ClN2O4. The van der Waals surface area contributed by atoms with Crippen molar-refractivity contribution < 1.29 is 19.4 Å². The monoisotopic (exact) mass is 490 g/mol. The van der Waals surface area contributed by atoms with Crippen LogP contribution in [0.5, 0.6) is 11.5 Å². The summed E-state index contributed by atoms with van der Waals surface area (Å²) in [6, 6.07) is 18.9. The summed E-state index contributed by atoms with van der Waals surface area (Å²) in [7, 11) is 0. The van der Waals surface area contributed by atoms with Crippen molar-refractivity contribution in [3.05, 3.63) is 93.6 Å². The Bertz CT molecular complexity index is 1390. The quantitative estimate of drug-likeness (QED) is 0.260. The Balaban J connectivity index is 1.40. The summed E-state index contributed by atoms with van der Waals surface area (Å²) in [5.74, 6) is 0.428. The summed E-state index contributed by atoms with van der Waals surface area (Å²) >= 11 is 6.10. The second-order valence-electron chi connectivity index (χ2n) is 8.51. The zero-order chi connectivity index (χ0) is 24.9. The smallest absolute Gasteiger partial charge is 0.303 e. The molecule has 35 heavy (non-hydrogen) atoms. The molecule has 0 radical (unpaired) electrons. The SMILES string of the molecule is Cc1cc(Oc2ccccc2CCNC(=O)c2[nH]c3ccc(Cl)cc3c2C)ccc1CCC(=O)O. The fraction of sp³-hybridized carbons (Fsp3) is 0.214. The summed E-state index contributed by atoms with van der Waals surface area (Å²) in [5.41, 5.74) is 5.23. The Morgan fingerprint density at radius 1 is 1.00 bits per heavy atom. The van der Waals surface area contributed by atoms with Crippen LogP contribution < -0.4 is 10.1 Å². The van der Waals surface area contributed by atoms with E-state index in [0.29, 0.717) is 35.9 Å². The molecule has 0 aliphatic rings. The number of hydrogen-bond acceptors (Lipinski definition) is 3. The van der Waals surface area contributed by atoms with Crippen LogP contribution in [0.25, 0.3) is 10.9 Å². The van der Waals surface area contributed by atoms with Crippen molar-refractivity contribution in [3.63, 3.8) is 0 Å². The molecule has 4 rings (SSSR count). The number of amides is 1. The maximum absolute atomic E-state index is 12.8. The number of rotatable bonds is 9. The molecule has 0 aliphatic carbocycles. The minimum Gasteiger partial charge on any atom is -0.481 e. The highest BCUT2D eigenvalue weighted by Crippen LogP contribution is 2.28. The summed E-state index contributed by atoms with van der Waals surface area (Å²) in [4.78, 5) is 26.8. The van der Waals surface area contributed by atoms with E-state index >= 15 is 0 Å². The highest BCUT2D eigenvalue weighted by atomic mass is 35.5. The lowest BCUT2D eigenvalue weighted by atomic mass is 10.0. The number of nitrogens with one attached hydrogen (secondary N) is 2. The molecule has 0 atom stereocenters. The van der Waals surface area contributed by atoms with E-state index < -0.39 is 5.97 Å². The average molecular weight is 491 g/mol. The maximum Gasteiger partial charge on any atom is 0.303 e. The molecule has 4 aromatic rings. The second-order valence-corrected chi connectivity index (χ2v) is 8.95. The van der Waals surface area contributed by atoms with Crippen LogP contribution in [-0.2, 0) is 17.6 Å². The number of carboxylic acids is 1. The van der Waals surface area contributed by atoms with Crippen LogP contribution in [0.1, 0.15) is 39.2 Å². The molecule has 6 nitrogen and oxygen atoms in total. The number of carbonyl (C=O) groups excluding carboxylic acids is 1. The molecule has 3 N–H and O–H groups in total. The van der Waals surface area contributed by atoms with Gasteiger partial charge in [0.1, 0.15) is 17.2 Å². The van der Waals surface area contributed by atoms with Gasteiger partial charge in [-0.1, -0.05) is 35.9 Å². The maximum atomic E-state index is 12.8. The van der Waals surface area contributed by atoms with Gasteiger partial charge in [-0.25, -0.2) is 0 Å². The highest BCUT2D eigenvalue weighted by Gasteiger charge is 2.15. The van der Waals surface area contributed by atoms with Gasteiger partial charge in [0.25, 0.3) is 5.91 Å². The molecular weight excluding hydrogens is 464 g/mol. The summed E-state index contributed by atoms with van der Waals surface area (Å²) in [5, 5.41) is 13.5. The topological polar surface area (TPSA) is 91.4 Å². The van der Waals surface area contributed by atoms with Gasteiger partial charge in [-0.05, 0) is 85.3 Å². The van der Waals surface area contributed by atoms with Crippen LogP contribution in [0.3, 0.4) is 0 Å². The first-order valence-electron chi connectivity index (χ1n) is 11.4. The number of aliphatic carboxylic acids is 1.